The number of hydrogen-bond donors (Lipinski definition) is 1. The quantitative estimate of drug-likeness (QED) is 0.881. The van der Waals surface area contributed by atoms with Crippen molar-refractivity contribution in [3.05, 3.63) is 40.8 Å². The molecule has 1 aromatic carbocycles. The molecule has 5 nitrogen and oxygen atoms in total. The van der Waals surface area contributed by atoms with Crippen LogP contribution in [0.15, 0.2) is 39.5 Å². The van der Waals surface area contributed by atoms with Crippen molar-refractivity contribution in [3.63, 3.8) is 0 Å². The van der Waals surface area contributed by atoms with E-state index in [9.17, 15) is 9.59 Å². The van der Waals surface area contributed by atoms with Gasteiger partial charge in [0.2, 0.25) is 0 Å². The summed E-state index contributed by atoms with van der Waals surface area (Å²) in [6.45, 7) is 2.14. The molecule has 1 saturated carbocycles. The first-order chi connectivity index (χ1) is 11.1. The lowest BCUT2D eigenvalue weighted by molar-refractivity contribution is -0.124. The summed E-state index contributed by atoms with van der Waals surface area (Å²) >= 11 is 0. The van der Waals surface area contributed by atoms with Crippen LogP contribution >= 0.6 is 0 Å². The van der Waals surface area contributed by atoms with Crippen LogP contribution in [-0.4, -0.2) is 18.6 Å². The van der Waals surface area contributed by atoms with Crippen molar-refractivity contribution in [1.29, 1.82) is 0 Å². The van der Waals surface area contributed by atoms with Gasteiger partial charge in [-0.1, -0.05) is 19.8 Å². The fraction of sp³-hybridized carbons (Fsp3) is 0.444. The van der Waals surface area contributed by atoms with E-state index >= 15 is 0 Å². The number of ether oxygens (including phenoxy) is 1. The standard InChI is InChI=1S/C18H21NO4/c1-12-4-2-3-5-15(12)19-17(20)11-22-14-8-6-13-7-9-18(21)23-16(13)10-14/h6-10,12,15H,2-5,11H2,1H3,(H,19,20)/t12-,15+/m1/s1. The van der Waals surface area contributed by atoms with Gasteiger partial charge < -0.3 is 14.5 Å². The van der Waals surface area contributed by atoms with E-state index in [1.807, 2.05) is 0 Å². The van der Waals surface area contributed by atoms with Crippen LogP contribution in [0.3, 0.4) is 0 Å². The van der Waals surface area contributed by atoms with Crippen LogP contribution in [-0.2, 0) is 4.79 Å². The summed E-state index contributed by atoms with van der Waals surface area (Å²) < 4.78 is 10.6. The summed E-state index contributed by atoms with van der Waals surface area (Å²) in [5.41, 5.74) is 0.0509. The molecule has 1 heterocycles. The first-order valence-corrected chi connectivity index (χ1v) is 8.08. The van der Waals surface area contributed by atoms with E-state index in [2.05, 4.69) is 12.2 Å². The molecule has 23 heavy (non-hydrogen) atoms. The van der Waals surface area contributed by atoms with Gasteiger partial charge in [0.05, 0.1) is 0 Å². The van der Waals surface area contributed by atoms with E-state index in [1.165, 1.54) is 18.9 Å². The van der Waals surface area contributed by atoms with Gasteiger partial charge in [-0.25, -0.2) is 4.79 Å². The Kier molecular flexibility index (Phi) is 4.65. The monoisotopic (exact) mass is 315 g/mol. The van der Waals surface area contributed by atoms with Crippen molar-refractivity contribution in [1.82, 2.24) is 5.32 Å². The van der Waals surface area contributed by atoms with E-state index in [1.54, 1.807) is 24.3 Å². The summed E-state index contributed by atoms with van der Waals surface area (Å²) in [6, 6.07) is 8.51. The lowest BCUT2D eigenvalue weighted by Crippen LogP contribution is -2.43. The predicted octanol–water partition coefficient (Wildman–Crippen LogP) is 2.87. The van der Waals surface area contributed by atoms with Crippen LogP contribution < -0.4 is 15.7 Å². The highest BCUT2D eigenvalue weighted by atomic mass is 16.5. The van der Waals surface area contributed by atoms with Gasteiger partial charge in [0.25, 0.3) is 5.91 Å². The van der Waals surface area contributed by atoms with Gasteiger partial charge in [0.1, 0.15) is 11.3 Å². The highest BCUT2D eigenvalue weighted by Gasteiger charge is 2.22. The van der Waals surface area contributed by atoms with Gasteiger partial charge in [-0.15, -0.1) is 0 Å². The van der Waals surface area contributed by atoms with Crippen molar-refractivity contribution in [2.45, 2.75) is 38.6 Å². The zero-order valence-electron chi connectivity index (χ0n) is 13.2. The molecule has 2 aromatic rings. The molecule has 5 heteroatoms. The number of carbonyl (C=O) groups excluding carboxylic acids is 1. The number of benzene rings is 1. The largest absolute Gasteiger partial charge is 0.484 e. The smallest absolute Gasteiger partial charge is 0.336 e. The Labute approximate surface area is 134 Å². The summed E-state index contributed by atoms with van der Waals surface area (Å²) in [4.78, 5) is 23.3. The molecule has 1 aromatic heterocycles. The molecule has 0 unspecified atom stereocenters. The molecule has 1 aliphatic carbocycles. The SMILES string of the molecule is C[C@@H]1CCCC[C@@H]1NC(=O)COc1ccc2ccc(=O)oc2c1. The van der Waals surface area contributed by atoms with E-state index in [0.29, 0.717) is 17.3 Å². The Morgan fingerprint density at radius 1 is 1.26 bits per heavy atom. The van der Waals surface area contributed by atoms with Gasteiger partial charge in [-0.2, -0.15) is 0 Å². The zero-order chi connectivity index (χ0) is 16.2. The number of hydrogen-bond acceptors (Lipinski definition) is 4. The lowest BCUT2D eigenvalue weighted by atomic mass is 9.86. The molecule has 0 spiro atoms. The molecule has 0 aliphatic heterocycles. The van der Waals surface area contributed by atoms with Crippen molar-refractivity contribution >= 4 is 16.9 Å². The molecule has 0 radical (unpaired) electrons. The minimum Gasteiger partial charge on any atom is -0.484 e. The summed E-state index contributed by atoms with van der Waals surface area (Å²) in [7, 11) is 0. The van der Waals surface area contributed by atoms with Crippen molar-refractivity contribution in [2.24, 2.45) is 5.92 Å². The fourth-order valence-corrected chi connectivity index (χ4v) is 3.06. The number of carbonyl (C=O) groups is 1. The topological polar surface area (TPSA) is 68.5 Å². The second kappa shape index (κ2) is 6.86. The third-order valence-corrected chi connectivity index (χ3v) is 4.42. The number of rotatable bonds is 4. The first-order valence-electron chi connectivity index (χ1n) is 8.08. The molecule has 3 rings (SSSR count). The minimum atomic E-state index is -0.404. The van der Waals surface area contributed by atoms with Crippen LogP contribution in [0.2, 0.25) is 0 Å². The highest BCUT2D eigenvalue weighted by Crippen LogP contribution is 2.24. The normalized spacial score (nSPS) is 21.1. The van der Waals surface area contributed by atoms with Crippen LogP contribution in [0.4, 0.5) is 0 Å². The zero-order valence-corrected chi connectivity index (χ0v) is 13.2. The molecular formula is C18H21NO4. The Balaban J connectivity index is 1.59. The second-order valence-electron chi connectivity index (χ2n) is 6.18. The van der Waals surface area contributed by atoms with Crippen LogP contribution in [0, 0.1) is 5.92 Å². The van der Waals surface area contributed by atoms with Crippen molar-refractivity contribution < 1.29 is 13.9 Å². The van der Waals surface area contributed by atoms with Crippen molar-refractivity contribution in [2.75, 3.05) is 6.61 Å². The Morgan fingerprint density at radius 3 is 2.87 bits per heavy atom. The fourth-order valence-electron chi connectivity index (χ4n) is 3.06. The van der Waals surface area contributed by atoms with Gasteiger partial charge >= 0.3 is 5.63 Å². The summed E-state index contributed by atoms with van der Waals surface area (Å²) in [6.07, 6.45) is 4.61. The minimum absolute atomic E-state index is 0.0359. The maximum atomic E-state index is 12.0. The average Bonchev–Trinajstić information content (AvgIpc) is 2.54. The molecule has 0 saturated heterocycles. The van der Waals surface area contributed by atoms with E-state index in [4.69, 9.17) is 9.15 Å². The van der Waals surface area contributed by atoms with Crippen LogP contribution in [0.25, 0.3) is 11.0 Å². The first kappa shape index (κ1) is 15.6. The summed E-state index contributed by atoms with van der Waals surface area (Å²) in [5.74, 6) is 0.916. The third kappa shape index (κ3) is 3.92. The maximum absolute atomic E-state index is 12.0. The second-order valence-corrected chi connectivity index (χ2v) is 6.18. The van der Waals surface area contributed by atoms with Gasteiger partial charge in [-0.05, 0) is 37.0 Å². The lowest BCUT2D eigenvalue weighted by Gasteiger charge is -2.29. The van der Waals surface area contributed by atoms with E-state index < -0.39 is 5.63 Å². The van der Waals surface area contributed by atoms with E-state index in [0.717, 1.165) is 18.2 Å². The molecule has 1 N–H and O–H groups in total. The molecule has 1 aliphatic rings. The molecule has 1 amide bonds. The average molecular weight is 315 g/mol. The summed E-state index contributed by atoms with van der Waals surface area (Å²) in [5, 5.41) is 3.86. The predicted molar refractivity (Wildman–Crippen MR) is 87.5 cm³/mol. The Morgan fingerprint density at radius 2 is 2.04 bits per heavy atom. The van der Waals surface area contributed by atoms with Gasteiger partial charge in [0, 0.05) is 23.6 Å². The van der Waals surface area contributed by atoms with Gasteiger partial charge in [-0.3, -0.25) is 4.79 Å². The van der Waals surface area contributed by atoms with Crippen LogP contribution in [0.1, 0.15) is 32.6 Å². The highest BCUT2D eigenvalue weighted by molar-refractivity contribution is 5.79. The number of fused-ring (bicyclic) bond motifs is 1. The van der Waals surface area contributed by atoms with Gasteiger partial charge in [0.15, 0.2) is 6.61 Å². The molecule has 2 atom stereocenters. The van der Waals surface area contributed by atoms with Crippen molar-refractivity contribution in [3.8, 4) is 5.75 Å². The third-order valence-electron chi connectivity index (χ3n) is 4.42. The molecule has 1 fully saturated rings. The Bertz CT molecular complexity index is 752. The maximum Gasteiger partial charge on any atom is 0.336 e. The van der Waals surface area contributed by atoms with Crippen LogP contribution in [0.5, 0.6) is 5.75 Å². The number of amides is 1. The number of nitrogens with one attached hydrogen (secondary N) is 1. The van der Waals surface area contributed by atoms with E-state index in [-0.39, 0.29) is 18.6 Å². The Hall–Kier alpha value is -2.30. The molecular weight excluding hydrogens is 294 g/mol. The molecule has 0 bridgehead atoms. The molecule has 122 valence electrons.